The maximum atomic E-state index is 11.9. The molecule has 78 valence electrons. The molecule has 0 spiro atoms. The third-order valence-electron chi connectivity index (χ3n) is 2.37. The van der Waals surface area contributed by atoms with E-state index in [0.29, 0.717) is 0 Å². The molecule has 2 rings (SSSR count). The van der Waals surface area contributed by atoms with Crippen molar-refractivity contribution in [2.24, 2.45) is 0 Å². The average molecular weight is 330 g/mol. The first-order chi connectivity index (χ1) is 6.98. The van der Waals surface area contributed by atoms with Crippen molar-refractivity contribution in [1.82, 2.24) is 0 Å². The van der Waals surface area contributed by atoms with Crippen LogP contribution in [-0.4, -0.2) is 28.5 Å². The molecule has 0 saturated heterocycles. The standard InChI is InChI=1S/C12H14OSiTe/c1-14(2,3)12-8-10(13)9-6-4-5-7-11(9)15-12/h4-8H,1-3H3. The second-order valence-corrected chi connectivity index (χ2v) is 14.0. The number of hydrogen-bond donors (Lipinski definition) is 0. The molecule has 0 aliphatic carbocycles. The van der Waals surface area contributed by atoms with Gasteiger partial charge in [0.25, 0.3) is 0 Å². The summed E-state index contributed by atoms with van der Waals surface area (Å²) in [4.78, 5) is 11.9. The molecule has 0 aliphatic rings. The molecule has 3 heteroatoms. The van der Waals surface area contributed by atoms with Crippen molar-refractivity contribution in [1.29, 1.82) is 0 Å². The number of rotatable bonds is 1. The molecule has 0 saturated carbocycles. The van der Waals surface area contributed by atoms with Crippen LogP contribution in [0.3, 0.4) is 0 Å². The van der Waals surface area contributed by atoms with E-state index in [1.807, 2.05) is 24.3 Å². The van der Waals surface area contributed by atoms with Crippen LogP contribution in [0, 0.1) is 0 Å². The molecule has 0 radical (unpaired) electrons. The van der Waals surface area contributed by atoms with Crippen molar-refractivity contribution >= 4 is 40.5 Å². The van der Waals surface area contributed by atoms with Gasteiger partial charge in [0.15, 0.2) is 0 Å². The zero-order chi connectivity index (χ0) is 11.1. The van der Waals surface area contributed by atoms with Gasteiger partial charge in [-0.1, -0.05) is 0 Å². The van der Waals surface area contributed by atoms with Crippen LogP contribution in [0.15, 0.2) is 35.1 Å². The van der Waals surface area contributed by atoms with Gasteiger partial charge in [0.1, 0.15) is 0 Å². The van der Waals surface area contributed by atoms with E-state index in [4.69, 9.17) is 0 Å². The molecule has 0 unspecified atom stereocenters. The minimum absolute atomic E-state index is 0.222. The monoisotopic (exact) mass is 332 g/mol. The van der Waals surface area contributed by atoms with Crippen LogP contribution in [0.5, 0.6) is 0 Å². The molecule has 1 nitrogen and oxygen atoms in total. The molecule has 1 aromatic heterocycles. The van der Waals surface area contributed by atoms with Crippen molar-refractivity contribution in [3.05, 3.63) is 40.6 Å². The number of benzene rings is 1. The molecule has 2 aromatic rings. The summed E-state index contributed by atoms with van der Waals surface area (Å²) in [5, 5.41) is 0.946. The Morgan fingerprint density at radius 3 is 2.47 bits per heavy atom. The summed E-state index contributed by atoms with van der Waals surface area (Å²) in [6.45, 7) is 6.97. The van der Waals surface area contributed by atoms with Gasteiger partial charge in [-0.15, -0.1) is 0 Å². The van der Waals surface area contributed by atoms with Crippen LogP contribution in [0.25, 0.3) is 8.79 Å². The van der Waals surface area contributed by atoms with Crippen molar-refractivity contribution in [2.75, 3.05) is 0 Å². The molecule has 0 bridgehead atoms. The summed E-state index contributed by atoms with van der Waals surface area (Å²) in [6, 6.07) is 10.0. The van der Waals surface area contributed by atoms with Crippen LogP contribution in [0.2, 0.25) is 19.6 Å². The van der Waals surface area contributed by atoms with Gasteiger partial charge in [0.05, 0.1) is 0 Å². The van der Waals surface area contributed by atoms with Crippen molar-refractivity contribution < 1.29 is 0 Å². The Morgan fingerprint density at radius 2 is 1.80 bits per heavy atom. The van der Waals surface area contributed by atoms with Crippen molar-refractivity contribution in [3.8, 4) is 0 Å². The van der Waals surface area contributed by atoms with Gasteiger partial charge in [-0.05, 0) is 0 Å². The first kappa shape index (κ1) is 11.1. The Labute approximate surface area is 100 Å². The summed E-state index contributed by atoms with van der Waals surface area (Å²) < 4.78 is 2.82. The third kappa shape index (κ3) is 2.25. The predicted octanol–water partition coefficient (Wildman–Crippen LogP) is 1.80. The molecule has 15 heavy (non-hydrogen) atoms. The summed E-state index contributed by atoms with van der Waals surface area (Å²) >= 11 is -0.278. The zero-order valence-corrected chi connectivity index (χ0v) is 12.5. The Kier molecular flexibility index (Phi) is 2.89. The second kappa shape index (κ2) is 3.90. The van der Waals surface area contributed by atoms with E-state index in [0.717, 1.165) is 5.39 Å². The first-order valence-corrected chi connectivity index (χ1v) is 10.8. The van der Waals surface area contributed by atoms with Gasteiger partial charge in [0, 0.05) is 0 Å². The Bertz CT molecular complexity index is 551. The minimum atomic E-state index is -1.27. The van der Waals surface area contributed by atoms with E-state index in [2.05, 4.69) is 25.7 Å². The molecule has 0 aliphatic heterocycles. The van der Waals surface area contributed by atoms with Crippen molar-refractivity contribution in [3.63, 3.8) is 0 Å². The second-order valence-electron chi connectivity index (χ2n) is 4.72. The Hall–Kier alpha value is -0.364. The topological polar surface area (TPSA) is 17.1 Å². The summed E-state index contributed by atoms with van der Waals surface area (Å²) in [5.74, 6) is 0. The predicted molar refractivity (Wildman–Crippen MR) is 70.1 cm³/mol. The maximum absolute atomic E-state index is 11.9. The van der Waals surface area contributed by atoms with E-state index in [-0.39, 0.29) is 25.9 Å². The molecule has 1 heterocycles. The Morgan fingerprint density at radius 1 is 1.13 bits per heavy atom. The first-order valence-electron chi connectivity index (χ1n) is 5.02. The summed E-state index contributed by atoms with van der Waals surface area (Å²) in [5.41, 5.74) is 0.222. The normalized spacial score (nSPS) is 11.9. The van der Waals surface area contributed by atoms with Crippen LogP contribution >= 0.6 is 0 Å². The SMILES string of the molecule is C[Si](C)(C)c1cc(=O)c2ccccc2[te]1. The molecular weight excluding hydrogens is 316 g/mol. The average Bonchev–Trinajstić information content (AvgIpc) is 2.16. The fourth-order valence-corrected chi connectivity index (χ4v) is 8.07. The van der Waals surface area contributed by atoms with Crippen LogP contribution in [-0.2, 0) is 0 Å². The van der Waals surface area contributed by atoms with Gasteiger partial charge < -0.3 is 0 Å². The van der Waals surface area contributed by atoms with E-state index in [1.54, 1.807) is 0 Å². The zero-order valence-electron chi connectivity index (χ0n) is 9.20. The van der Waals surface area contributed by atoms with Gasteiger partial charge in [-0.25, -0.2) is 0 Å². The molecule has 0 fully saturated rings. The molecule has 0 amide bonds. The Balaban J connectivity index is 2.79. The van der Waals surface area contributed by atoms with E-state index >= 15 is 0 Å². The molecule has 1 aromatic carbocycles. The van der Waals surface area contributed by atoms with E-state index in [9.17, 15) is 4.79 Å². The fourth-order valence-electron chi connectivity index (χ4n) is 1.47. The van der Waals surface area contributed by atoms with Crippen LogP contribution in [0.1, 0.15) is 0 Å². The van der Waals surface area contributed by atoms with Gasteiger partial charge in [-0.2, -0.15) is 0 Å². The fraction of sp³-hybridized carbons (Fsp3) is 0.250. The third-order valence-corrected chi connectivity index (χ3v) is 12.5. The van der Waals surface area contributed by atoms with Crippen LogP contribution in [0.4, 0.5) is 0 Å². The number of hydrogen-bond acceptors (Lipinski definition) is 1. The number of fused-ring (bicyclic) bond motifs is 1. The van der Waals surface area contributed by atoms with Crippen molar-refractivity contribution in [2.45, 2.75) is 19.6 Å². The van der Waals surface area contributed by atoms with Gasteiger partial charge in [0.2, 0.25) is 0 Å². The van der Waals surface area contributed by atoms with E-state index in [1.165, 1.54) is 6.60 Å². The van der Waals surface area contributed by atoms with Gasteiger partial charge in [-0.3, -0.25) is 0 Å². The molecule has 0 atom stereocenters. The van der Waals surface area contributed by atoms with Crippen LogP contribution < -0.4 is 8.63 Å². The summed E-state index contributed by atoms with van der Waals surface area (Å²) in [6.07, 6.45) is 0. The summed E-state index contributed by atoms with van der Waals surface area (Å²) in [7, 11) is -1.27. The molecular formula is C12H14OSiTe. The quantitative estimate of drug-likeness (QED) is 0.729. The molecule has 0 N–H and O–H groups in total. The van der Waals surface area contributed by atoms with Gasteiger partial charge >= 0.3 is 101 Å². The van der Waals surface area contributed by atoms with E-state index < -0.39 is 8.07 Å².